The minimum Gasteiger partial charge on any atom is -0.494 e. The van der Waals surface area contributed by atoms with Crippen LogP contribution in [0.4, 0.5) is 0 Å². The molecule has 0 spiro atoms. The van der Waals surface area contributed by atoms with E-state index in [9.17, 15) is 14.4 Å². The van der Waals surface area contributed by atoms with Gasteiger partial charge in [0.25, 0.3) is 0 Å². The minimum atomic E-state index is -0.912. The number of aromatic carboxylic acids is 1. The minimum absolute atomic E-state index is 0.210. The zero-order valence-corrected chi connectivity index (χ0v) is 32.6. The van der Waals surface area contributed by atoms with Gasteiger partial charge in [0.05, 0.1) is 37.4 Å². The third kappa shape index (κ3) is 15.9. The maximum atomic E-state index is 12.9. The summed E-state index contributed by atoms with van der Waals surface area (Å²) in [5, 5.41) is 8.65. The van der Waals surface area contributed by atoms with E-state index in [1.165, 1.54) is 38.5 Å². The largest absolute Gasteiger partial charge is 0.494 e. The van der Waals surface area contributed by atoms with E-state index in [-0.39, 0.29) is 36.4 Å². The number of carbonyl (C=O) groups excluding carboxylic acids is 2. The molecule has 0 heterocycles. The van der Waals surface area contributed by atoms with Crippen molar-refractivity contribution >= 4 is 29.5 Å². The maximum absolute atomic E-state index is 12.9. The summed E-state index contributed by atoms with van der Waals surface area (Å²) in [6, 6.07) is 13.3. The van der Waals surface area contributed by atoms with Gasteiger partial charge in [-0.25, -0.2) is 9.59 Å². The normalized spacial score (nSPS) is 20.7. The lowest BCUT2D eigenvalue weighted by atomic mass is 9.68. The predicted octanol–water partition coefficient (Wildman–Crippen LogP) is 10.5. The first-order valence-corrected chi connectivity index (χ1v) is 19.9. The Hall–Kier alpha value is -3.70. The molecule has 4 rings (SSSR count). The Morgan fingerprint density at radius 1 is 0.788 bits per heavy atom. The third-order valence-electron chi connectivity index (χ3n) is 9.72. The highest BCUT2D eigenvalue weighted by molar-refractivity contribution is 6.18. The molecule has 0 aromatic heterocycles. The molecule has 1 N–H and O–H groups in total. The van der Waals surface area contributed by atoms with Gasteiger partial charge in [0, 0.05) is 12.3 Å². The van der Waals surface area contributed by atoms with Gasteiger partial charge in [0.1, 0.15) is 11.5 Å². The Kier molecular flexibility index (Phi) is 21.6. The average molecular weight is 741 g/mol. The average Bonchev–Trinajstić information content (AvgIpc) is 3.17. The predicted molar refractivity (Wildman–Crippen MR) is 207 cm³/mol. The van der Waals surface area contributed by atoms with Crippen molar-refractivity contribution in [1.29, 1.82) is 0 Å². The molecule has 0 saturated heterocycles. The van der Waals surface area contributed by atoms with Crippen LogP contribution < -0.4 is 9.47 Å². The van der Waals surface area contributed by atoms with Crippen LogP contribution in [-0.2, 0) is 14.3 Å². The second-order valence-electron chi connectivity index (χ2n) is 13.4. The summed E-state index contributed by atoms with van der Waals surface area (Å²) in [5.41, 5.74) is -0.0560. The molecule has 2 aromatic carbocycles. The van der Waals surface area contributed by atoms with Gasteiger partial charge < -0.3 is 24.1 Å². The van der Waals surface area contributed by atoms with Gasteiger partial charge in [-0.2, -0.15) is 0 Å². The Labute approximate surface area is 317 Å². The monoisotopic (exact) mass is 740 g/mol. The molecule has 0 amide bonds. The molecule has 0 atom stereocenters. The number of carbonyl (C=O) groups is 3. The van der Waals surface area contributed by atoms with Crippen LogP contribution in [0.2, 0.25) is 0 Å². The summed E-state index contributed by atoms with van der Waals surface area (Å²) >= 11 is 5.50. The summed E-state index contributed by atoms with van der Waals surface area (Å²) in [5.74, 6) is 5.26. The first-order chi connectivity index (χ1) is 25.2. The van der Waals surface area contributed by atoms with E-state index in [0.29, 0.717) is 36.9 Å². The fourth-order valence-corrected chi connectivity index (χ4v) is 6.90. The quantitative estimate of drug-likeness (QED) is 0.0739. The van der Waals surface area contributed by atoms with Crippen molar-refractivity contribution in [3.05, 3.63) is 59.7 Å². The molecule has 8 nitrogen and oxygen atoms in total. The maximum Gasteiger partial charge on any atom is 0.339 e. The van der Waals surface area contributed by atoms with E-state index in [2.05, 4.69) is 19.8 Å². The molecular formula is C43H61ClO8. The lowest BCUT2D eigenvalue weighted by Gasteiger charge is -2.41. The Bertz CT molecular complexity index is 1330. The molecule has 2 aliphatic rings. The number of halogens is 1. The number of hydrogen-bond acceptors (Lipinski definition) is 7. The van der Waals surface area contributed by atoms with Crippen LogP contribution in [0, 0.1) is 30.1 Å². The van der Waals surface area contributed by atoms with Crippen LogP contribution in [0.1, 0.15) is 138 Å². The molecule has 288 valence electrons. The number of hydrogen-bond donors (Lipinski definition) is 1. The van der Waals surface area contributed by atoms with Crippen molar-refractivity contribution in [2.24, 2.45) is 17.8 Å². The van der Waals surface area contributed by atoms with E-state index >= 15 is 0 Å². The fraction of sp³-hybridized carbons (Fsp3) is 0.605. The van der Waals surface area contributed by atoms with Gasteiger partial charge in [0.2, 0.25) is 0 Å². The summed E-state index contributed by atoms with van der Waals surface area (Å²) in [4.78, 5) is 34.7. The van der Waals surface area contributed by atoms with Crippen molar-refractivity contribution in [2.45, 2.75) is 123 Å². The number of esters is 2. The molecule has 52 heavy (non-hydrogen) atoms. The lowest BCUT2D eigenvalue weighted by molar-refractivity contribution is -0.143. The van der Waals surface area contributed by atoms with Crippen LogP contribution in [-0.4, -0.2) is 54.3 Å². The number of alkyl halides is 1. The molecule has 9 heteroatoms. The number of unbranched alkanes of at least 4 members (excludes halogenated alkanes) is 1. The highest BCUT2D eigenvalue weighted by Crippen LogP contribution is 2.44. The van der Waals surface area contributed by atoms with Crippen molar-refractivity contribution in [3.63, 3.8) is 0 Å². The van der Waals surface area contributed by atoms with Gasteiger partial charge in [-0.1, -0.05) is 65.7 Å². The number of carboxylic acid groups (broad SMARTS) is 1. The standard InChI is InChI=1S/C30H41ClO5.C11H14O3.C2H6/c1-3-6-23-7-9-24(10-8-23)25-15-18-30(4-2,19-16-25)36-29(33)26-11-13-27(14-12-26)34-21-5-22-35-28(32)17-20-31;1-2-3-8-14-10-6-4-9(5-7-10)11(12)13;1-2/h2,11-14,23-25H,3,5-10,15-22H2,1H3;4-7H,2-3,8H2,1H3,(H,12,13);1-2H3. The Balaban J connectivity index is 0.000000488. The van der Waals surface area contributed by atoms with Gasteiger partial charge >= 0.3 is 17.9 Å². The summed E-state index contributed by atoms with van der Waals surface area (Å²) < 4.78 is 22.0. The lowest BCUT2D eigenvalue weighted by Crippen LogP contribution is -2.39. The molecule has 0 radical (unpaired) electrons. The van der Waals surface area contributed by atoms with E-state index < -0.39 is 11.6 Å². The van der Waals surface area contributed by atoms with E-state index in [1.807, 2.05) is 13.8 Å². The number of carboxylic acids is 1. The first kappa shape index (κ1) is 44.5. The van der Waals surface area contributed by atoms with Crippen molar-refractivity contribution < 1.29 is 38.4 Å². The summed E-state index contributed by atoms with van der Waals surface area (Å²) in [7, 11) is 0. The highest BCUT2D eigenvalue weighted by Gasteiger charge is 2.40. The number of benzene rings is 2. The van der Waals surface area contributed by atoms with Crippen LogP contribution in [0.3, 0.4) is 0 Å². The van der Waals surface area contributed by atoms with Gasteiger partial charge in [-0.3, -0.25) is 4.79 Å². The molecular weight excluding hydrogens is 680 g/mol. The van der Waals surface area contributed by atoms with Crippen LogP contribution in [0.5, 0.6) is 11.5 Å². The summed E-state index contributed by atoms with van der Waals surface area (Å²) in [6.07, 6.45) is 20.4. The molecule has 0 bridgehead atoms. The molecule has 2 saturated carbocycles. The highest BCUT2D eigenvalue weighted by atomic mass is 35.5. The zero-order chi connectivity index (χ0) is 38.2. The Morgan fingerprint density at radius 3 is 1.83 bits per heavy atom. The first-order valence-electron chi connectivity index (χ1n) is 19.3. The van der Waals surface area contributed by atoms with Crippen LogP contribution in [0.15, 0.2) is 48.5 Å². The fourth-order valence-electron chi connectivity index (χ4n) is 6.75. The number of terminal acetylenes is 1. The summed E-state index contributed by atoms with van der Waals surface area (Å²) in [6.45, 7) is 9.75. The zero-order valence-electron chi connectivity index (χ0n) is 31.8. The van der Waals surface area contributed by atoms with E-state index in [0.717, 1.165) is 56.1 Å². The van der Waals surface area contributed by atoms with Crippen molar-refractivity contribution in [3.8, 4) is 23.8 Å². The molecule has 2 aromatic rings. The van der Waals surface area contributed by atoms with Gasteiger partial charge in [0.15, 0.2) is 5.60 Å². The van der Waals surface area contributed by atoms with E-state index in [4.69, 9.17) is 42.1 Å². The third-order valence-corrected chi connectivity index (χ3v) is 9.91. The number of rotatable bonds is 17. The van der Waals surface area contributed by atoms with Crippen molar-refractivity contribution in [2.75, 3.05) is 25.7 Å². The van der Waals surface area contributed by atoms with Crippen molar-refractivity contribution in [1.82, 2.24) is 0 Å². The van der Waals surface area contributed by atoms with Crippen LogP contribution in [0.25, 0.3) is 0 Å². The smallest absolute Gasteiger partial charge is 0.339 e. The topological polar surface area (TPSA) is 108 Å². The molecule has 0 unspecified atom stereocenters. The SMILES string of the molecule is C#CC1(OC(=O)c2ccc(OCCCOC(=O)CCCl)cc2)CCC(C2CCC(CCC)CC2)CC1.CC.CCCCOc1ccc(C(=O)O)cc1. The van der Waals surface area contributed by atoms with E-state index in [1.54, 1.807) is 48.5 Å². The second-order valence-corrected chi connectivity index (χ2v) is 13.7. The second kappa shape index (κ2) is 25.3. The molecule has 2 fully saturated rings. The van der Waals surface area contributed by atoms with Crippen LogP contribution >= 0.6 is 11.6 Å². The van der Waals surface area contributed by atoms with Gasteiger partial charge in [-0.15, -0.1) is 18.0 Å². The molecule has 2 aliphatic carbocycles. The Morgan fingerprint density at radius 2 is 1.33 bits per heavy atom. The number of ether oxygens (including phenoxy) is 4. The van der Waals surface area contributed by atoms with Gasteiger partial charge in [-0.05, 0) is 111 Å². The molecule has 0 aliphatic heterocycles.